The van der Waals surface area contributed by atoms with E-state index in [1.165, 1.54) is 6.20 Å². The van der Waals surface area contributed by atoms with Crippen molar-refractivity contribution in [3.63, 3.8) is 0 Å². The zero-order valence-corrected chi connectivity index (χ0v) is 15.7. The molecule has 3 N–H and O–H groups in total. The highest BCUT2D eigenvalue weighted by Crippen LogP contribution is 2.32. The number of hydrogen-bond acceptors (Lipinski definition) is 6. The van der Waals surface area contributed by atoms with E-state index < -0.39 is 18.4 Å². The van der Waals surface area contributed by atoms with Crippen LogP contribution in [-0.2, 0) is 4.79 Å². The van der Waals surface area contributed by atoms with E-state index >= 15 is 0 Å². The molecule has 0 spiro atoms. The lowest BCUT2D eigenvalue weighted by molar-refractivity contribution is -0.135. The molecular weight excluding hydrogens is 376 g/mol. The average molecular weight is 396 g/mol. The maximum atomic E-state index is 12.0. The number of hydrogen-bond donors (Lipinski definition) is 3. The van der Waals surface area contributed by atoms with Crippen molar-refractivity contribution in [3.05, 3.63) is 54.4 Å². The molecule has 0 aliphatic rings. The number of pyridine rings is 1. The van der Waals surface area contributed by atoms with E-state index in [-0.39, 0.29) is 11.4 Å². The maximum Gasteiger partial charge on any atom is 0.322 e. The molecule has 3 aromatic rings. The van der Waals surface area contributed by atoms with Gasteiger partial charge in [0.15, 0.2) is 11.4 Å². The minimum Gasteiger partial charge on any atom is -0.505 e. The minimum absolute atomic E-state index is 0.241. The molecule has 29 heavy (non-hydrogen) atoms. The van der Waals surface area contributed by atoms with Crippen molar-refractivity contribution >= 4 is 22.6 Å². The van der Waals surface area contributed by atoms with Gasteiger partial charge in [-0.3, -0.25) is 9.59 Å². The van der Waals surface area contributed by atoms with Crippen molar-refractivity contribution in [1.82, 2.24) is 10.3 Å². The van der Waals surface area contributed by atoms with Crippen molar-refractivity contribution < 1.29 is 29.3 Å². The number of carbonyl (C=O) groups excluding carboxylic acids is 1. The molecule has 0 fully saturated rings. The summed E-state index contributed by atoms with van der Waals surface area (Å²) in [5.74, 6) is -0.364. The summed E-state index contributed by atoms with van der Waals surface area (Å²) in [5.41, 5.74) is -0.241. The monoisotopic (exact) mass is 396 g/mol. The Morgan fingerprint density at radius 1 is 1.07 bits per heavy atom. The van der Waals surface area contributed by atoms with E-state index in [0.717, 1.165) is 12.2 Å². The topological polar surface area (TPSA) is 118 Å². The molecule has 1 amide bonds. The first-order chi connectivity index (χ1) is 14.0. The van der Waals surface area contributed by atoms with Gasteiger partial charge in [-0.05, 0) is 48.9 Å². The van der Waals surface area contributed by atoms with Crippen molar-refractivity contribution in [3.8, 4) is 23.0 Å². The molecule has 1 heterocycles. The van der Waals surface area contributed by atoms with Crippen molar-refractivity contribution in [1.29, 1.82) is 0 Å². The number of aromatic nitrogens is 1. The second-order valence-electron chi connectivity index (χ2n) is 6.20. The standard InChI is InChI=1S/C21H20N2O6/c1-2-9-28-14-3-5-15(6-4-14)29-16-7-8-17-13(10-16)11-22-19(20(17)26)21(27)23-12-18(24)25/h3-8,10-11,26H,2,9,12H2,1H3,(H,23,27)(H,24,25). The number of nitrogens with zero attached hydrogens (tertiary/aromatic N) is 1. The predicted octanol–water partition coefficient (Wildman–Crippen LogP) is 3.34. The summed E-state index contributed by atoms with van der Waals surface area (Å²) < 4.78 is 11.4. The third kappa shape index (κ3) is 4.92. The fraction of sp³-hybridized carbons (Fsp3) is 0.190. The Labute approximate surface area is 166 Å². The second-order valence-corrected chi connectivity index (χ2v) is 6.20. The number of benzene rings is 2. The van der Waals surface area contributed by atoms with Crippen molar-refractivity contribution in [2.24, 2.45) is 0 Å². The van der Waals surface area contributed by atoms with Crippen LogP contribution in [0.25, 0.3) is 10.8 Å². The number of nitrogens with one attached hydrogen (secondary N) is 1. The Balaban J connectivity index is 1.77. The Morgan fingerprint density at radius 2 is 1.76 bits per heavy atom. The van der Waals surface area contributed by atoms with E-state index in [1.54, 1.807) is 30.3 Å². The first-order valence-electron chi connectivity index (χ1n) is 9.00. The molecule has 0 aliphatic heterocycles. The Hall–Kier alpha value is -3.81. The highest BCUT2D eigenvalue weighted by Gasteiger charge is 2.16. The number of fused-ring (bicyclic) bond motifs is 1. The first kappa shape index (κ1) is 19.9. The first-order valence-corrected chi connectivity index (χ1v) is 9.00. The number of carboxylic acid groups (broad SMARTS) is 1. The second kappa shape index (κ2) is 8.92. The van der Waals surface area contributed by atoms with Crippen LogP contribution in [0.3, 0.4) is 0 Å². The molecule has 0 saturated carbocycles. The Kier molecular flexibility index (Phi) is 6.13. The summed E-state index contributed by atoms with van der Waals surface area (Å²) in [6, 6.07) is 12.2. The smallest absolute Gasteiger partial charge is 0.322 e. The fourth-order valence-corrected chi connectivity index (χ4v) is 2.62. The van der Waals surface area contributed by atoms with Gasteiger partial charge in [-0.1, -0.05) is 6.92 Å². The van der Waals surface area contributed by atoms with E-state index in [1.807, 2.05) is 19.1 Å². The number of rotatable bonds is 8. The largest absolute Gasteiger partial charge is 0.505 e. The van der Waals surface area contributed by atoms with Gasteiger partial charge >= 0.3 is 5.97 Å². The fourth-order valence-electron chi connectivity index (χ4n) is 2.62. The van der Waals surface area contributed by atoms with Crippen LogP contribution in [0, 0.1) is 0 Å². The summed E-state index contributed by atoms with van der Waals surface area (Å²) in [4.78, 5) is 26.5. The summed E-state index contributed by atoms with van der Waals surface area (Å²) in [5, 5.41) is 22.1. The highest BCUT2D eigenvalue weighted by atomic mass is 16.5. The summed E-state index contributed by atoms with van der Waals surface area (Å²) in [6.45, 7) is 2.13. The van der Waals surface area contributed by atoms with Crippen molar-refractivity contribution in [2.45, 2.75) is 13.3 Å². The molecule has 0 saturated heterocycles. The van der Waals surface area contributed by atoms with Crippen LogP contribution in [0.5, 0.6) is 23.0 Å². The van der Waals surface area contributed by atoms with Crippen LogP contribution in [0.1, 0.15) is 23.8 Å². The number of aliphatic carboxylic acids is 1. The molecule has 3 rings (SSSR count). The lowest BCUT2D eigenvalue weighted by Gasteiger charge is -2.10. The molecule has 150 valence electrons. The number of aromatic hydroxyl groups is 1. The summed E-state index contributed by atoms with van der Waals surface area (Å²) >= 11 is 0. The summed E-state index contributed by atoms with van der Waals surface area (Å²) in [7, 11) is 0. The third-order valence-electron chi connectivity index (χ3n) is 3.98. The number of carbonyl (C=O) groups is 2. The Bertz CT molecular complexity index is 1030. The van der Waals surface area contributed by atoms with Gasteiger partial charge in [0.1, 0.15) is 23.8 Å². The number of carboxylic acids is 1. The van der Waals surface area contributed by atoms with E-state index in [2.05, 4.69) is 10.3 Å². The van der Waals surface area contributed by atoms with Crippen LogP contribution < -0.4 is 14.8 Å². The van der Waals surface area contributed by atoms with Gasteiger partial charge in [0, 0.05) is 17.0 Å². The number of ether oxygens (including phenoxy) is 2. The SMILES string of the molecule is CCCOc1ccc(Oc2ccc3c(O)c(C(=O)NCC(=O)O)ncc3c2)cc1. The molecule has 0 bridgehead atoms. The molecule has 0 atom stereocenters. The molecule has 1 aromatic heterocycles. The molecule has 8 nitrogen and oxygen atoms in total. The summed E-state index contributed by atoms with van der Waals surface area (Å²) in [6.07, 6.45) is 2.35. The lowest BCUT2D eigenvalue weighted by atomic mass is 10.1. The van der Waals surface area contributed by atoms with Crippen LogP contribution in [0.15, 0.2) is 48.7 Å². The third-order valence-corrected chi connectivity index (χ3v) is 3.98. The zero-order valence-electron chi connectivity index (χ0n) is 15.7. The molecule has 0 aliphatic carbocycles. The van der Waals surface area contributed by atoms with Gasteiger partial charge in [-0.25, -0.2) is 4.98 Å². The molecule has 8 heteroatoms. The van der Waals surface area contributed by atoms with Gasteiger partial charge < -0.3 is 25.0 Å². The maximum absolute atomic E-state index is 12.0. The van der Waals surface area contributed by atoms with Crippen LogP contribution in [0.4, 0.5) is 0 Å². The molecule has 0 radical (unpaired) electrons. The van der Waals surface area contributed by atoms with Gasteiger partial charge in [0.05, 0.1) is 6.61 Å². The molecule has 0 unspecified atom stereocenters. The van der Waals surface area contributed by atoms with Gasteiger partial charge in [0.2, 0.25) is 0 Å². The van der Waals surface area contributed by atoms with E-state index in [0.29, 0.717) is 28.9 Å². The number of amides is 1. The van der Waals surface area contributed by atoms with Crippen LogP contribution >= 0.6 is 0 Å². The normalized spacial score (nSPS) is 10.5. The van der Waals surface area contributed by atoms with Gasteiger partial charge in [0.25, 0.3) is 5.91 Å². The minimum atomic E-state index is -1.19. The van der Waals surface area contributed by atoms with Crippen LogP contribution in [-0.4, -0.2) is 40.2 Å². The molecule has 2 aromatic carbocycles. The Morgan fingerprint density at radius 3 is 2.45 bits per heavy atom. The van der Waals surface area contributed by atoms with Gasteiger partial charge in [-0.15, -0.1) is 0 Å². The average Bonchev–Trinajstić information content (AvgIpc) is 2.71. The van der Waals surface area contributed by atoms with E-state index in [4.69, 9.17) is 14.6 Å². The van der Waals surface area contributed by atoms with E-state index in [9.17, 15) is 14.7 Å². The predicted molar refractivity (Wildman–Crippen MR) is 106 cm³/mol. The zero-order chi connectivity index (χ0) is 20.8. The van der Waals surface area contributed by atoms with Crippen molar-refractivity contribution in [2.75, 3.05) is 13.2 Å². The van der Waals surface area contributed by atoms with Crippen LogP contribution in [0.2, 0.25) is 0 Å². The van der Waals surface area contributed by atoms with Gasteiger partial charge in [-0.2, -0.15) is 0 Å². The quantitative estimate of drug-likeness (QED) is 0.534. The lowest BCUT2D eigenvalue weighted by Crippen LogP contribution is -2.29. The highest BCUT2D eigenvalue weighted by molar-refractivity contribution is 6.02. The molecular formula is C21H20N2O6.